The Morgan fingerprint density at radius 3 is 2.80 bits per heavy atom. The summed E-state index contributed by atoms with van der Waals surface area (Å²) in [5.74, 6) is 0.991. The second-order valence-corrected chi connectivity index (χ2v) is 5.64. The highest BCUT2D eigenvalue weighted by molar-refractivity contribution is 5.68. The van der Waals surface area contributed by atoms with Crippen LogP contribution in [-0.4, -0.2) is 27.5 Å². The maximum Gasteiger partial charge on any atom is 0.353 e. The van der Waals surface area contributed by atoms with Gasteiger partial charge in [0.2, 0.25) is 11.6 Å². The van der Waals surface area contributed by atoms with Gasteiger partial charge in [-0.1, -0.05) is 12.8 Å². The highest BCUT2D eigenvalue weighted by Gasteiger charge is 2.37. The summed E-state index contributed by atoms with van der Waals surface area (Å²) in [4.78, 5) is 20.8. The molecule has 1 aliphatic heterocycles. The van der Waals surface area contributed by atoms with Crippen molar-refractivity contribution in [3.05, 3.63) is 16.4 Å². The molecule has 2 N–H and O–H groups in total. The van der Waals surface area contributed by atoms with Crippen LogP contribution in [-0.2, 0) is 0 Å². The lowest BCUT2D eigenvalue weighted by Crippen LogP contribution is -2.47. The summed E-state index contributed by atoms with van der Waals surface area (Å²) < 4.78 is 0. The van der Waals surface area contributed by atoms with Crippen LogP contribution in [0.5, 0.6) is 0 Å². The van der Waals surface area contributed by atoms with E-state index in [1.807, 2.05) is 0 Å². The number of nitrogens with two attached hydrogens (primary N) is 1. The maximum atomic E-state index is 11.3. The first-order chi connectivity index (χ1) is 9.68. The topological polar surface area (TPSA) is 98.2 Å². The van der Waals surface area contributed by atoms with E-state index in [1.54, 1.807) is 0 Å². The zero-order valence-corrected chi connectivity index (χ0v) is 11.4. The summed E-state index contributed by atoms with van der Waals surface area (Å²) in [6.07, 6.45) is 8.36. The predicted molar refractivity (Wildman–Crippen MR) is 75.4 cm³/mol. The summed E-state index contributed by atoms with van der Waals surface area (Å²) in [5.41, 5.74) is 5.54. The van der Waals surface area contributed by atoms with Gasteiger partial charge in [0, 0.05) is 12.6 Å². The molecule has 1 saturated carbocycles. The third kappa shape index (κ3) is 2.17. The molecule has 1 aliphatic carbocycles. The van der Waals surface area contributed by atoms with Gasteiger partial charge in [-0.05, 0) is 31.6 Å². The number of hydrogen-bond donors (Lipinski definition) is 1. The van der Waals surface area contributed by atoms with E-state index in [0.29, 0.717) is 17.8 Å². The average molecular weight is 277 g/mol. The SMILES string of the molecule is Nc1ncnc(N2CCC[C@H]3CCCC[C@H]32)c1[N+](=O)[O-]. The minimum absolute atomic E-state index is 0.0436. The molecule has 1 aromatic rings. The lowest BCUT2D eigenvalue weighted by atomic mass is 9.78. The lowest BCUT2D eigenvalue weighted by molar-refractivity contribution is -0.383. The first kappa shape index (κ1) is 13.1. The van der Waals surface area contributed by atoms with Crippen LogP contribution in [0.4, 0.5) is 17.3 Å². The molecule has 3 rings (SSSR count). The molecule has 7 nitrogen and oxygen atoms in total. The second-order valence-electron chi connectivity index (χ2n) is 5.64. The highest BCUT2D eigenvalue weighted by Crippen LogP contribution is 2.40. The van der Waals surface area contributed by atoms with Gasteiger partial charge in [0.25, 0.3) is 0 Å². The Labute approximate surface area is 117 Å². The number of nitrogen functional groups attached to an aromatic ring is 1. The molecule has 108 valence electrons. The smallest absolute Gasteiger partial charge is 0.353 e. The minimum atomic E-state index is -0.461. The van der Waals surface area contributed by atoms with E-state index in [0.717, 1.165) is 19.4 Å². The Morgan fingerprint density at radius 1 is 1.25 bits per heavy atom. The van der Waals surface area contributed by atoms with Gasteiger partial charge in [-0.3, -0.25) is 10.1 Å². The summed E-state index contributed by atoms with van der Waals surface area (Å²) in [5, 5.41) is 11.3. The molecule has 1 aromatic heterocycles. The van der Waals surface area contributed by atoms with E-state index >= 15 is 0 Å². The summed E-state index contributed by atoms with van der Waals surface area (Å²) in [7, 11) is 0. The molecule has 2 atom stereocenters. The van der Waals surface area contributed by atoms with Crippen molar-refractivity contribution >= 4 is 17.3 Å². The number of nitrogens with zero attached hydrogens (tertiary/aromatic N) is 4. The summed E-state index contributed by atoms with van der Waals surface area (Å²) >= 11 is 0. The molecule has 2 heterocycles. The molecule has 0 amide bonds. The van der Waals surface area contributed by atoms with Crippen molar-refractivity contribution in [1.29, 1.82) is 0 Å². The lowest BCUT2D eigenvalue weighted by Gasteiger charge is -2.44. The first-order valence-electron chi connectivity index (χ1n) is 7.20. The molecule has 0 bridgehead atoms. The van der Waals surface area contributed by atoms with Crippen LogP contribution in [0.15, 0.2) is 6.33 Å². The van der Waals surface area contributed by atoms with Crippen molar-refractivity contribution in [3.8, 4) is 0 Å². The zero-order valence-electron chi connectivity index (χ0n) is 11.4. The second kappa shape index (κ2) is 5.22. The number of hydrogen-bond acceptors (Lipinski definition) is 6. The van der Waals surface area contributed by atoms with Crippen LogP contribution < -0.4 is 10.6 Å². The molecular formula is C13H19N5O2. The van der Waals surface area contributed by atoms with Gasteiger partial charge in [-0.2, -0.15) is 0 Å². The van der Waals surface area contributed by atoms with Gasteiger partial charge < -0.3 is 10.6 Å². The molecule has 0 radical (unpaired) electrons. The quantitative estimate of drug-likeness (QED) is 0.656. The fraction of sp³-hybridized carbons (Fsp3) is 0.692. The number of rotatable bonds is 2. The zero-order chi connectivity index (χ0) is 14.1. The largest absolute Gasteiger partial charge is 0.378 e. The average Bonchev–Trinajstić information content (AvgIpc) is 2.46. The fourth-order valence-corrected chi connectivity index (χ4v) is 3.66. The van der Waals surface area contributed by atoms with Crippen molar-refractivity contribution in [2.45, 2.75) is 44.6 Å². The number of nitro groups is 1. The third-order valence-electron chi connectivity index (χ3n) is 4.53. The van der Waals surface area contributed by atoms with Crippen LogP contribution in [0, 0.1) is 16.0 Å². The first-order valence-corrected chi connectivity index (χ1v) is 7.20. The van der Waals surface area contributed by atoms with Gasteiger partial charge in [0.1, 0.15) is 6.33 Å². The van der Waals surface area contributed by atoms with Crippen LogP contribution >= 0.6 is 0 Å². The Hall–Kier alpha value is -1.92. The third-order valence-corrected chi connectivity index (χ3v) is 4.53. The van der Waals surface area contributed by atoms with Gasteiger partial charge >= 0.3 is 5.69 Å². The Kier molecular flexibility index (Phi) is 3.42. The number of anilines is 2. The van der Waals surface area contributed by atoms with E-state index in [4.69, 9.17) is 5.73 Å². The van der Waals surface area contributed by atoms with Crippen LogP contribution in [0.1, 0.15) is 38.5 Å². The summed E-state index contributed by atoms with van der Waals surface area (Å²) in [6.45, 7) is 0.818. The van der Waals surface area contributed by atoms with E-state index in [2.05, 4.69) is 14.9 Å². The highest BCUT2D eigenvalue weighted by atomic mass is 16.6. The molecule has 0 spiro atoms. The van der Waals surface area contributed by atoms with Crippen LogP contribution in [0.2, 0.25) is 0 Å². The standard InChI is InChI=1S/C13H19N5O2/c14-12-11(18(19)20)13(16-8-15-12)17-7-3-5-9-4-1-2-6-10(9)17/h8-10H,1-7H2,(H2,14,15,16)/t9-,10-/m1/s1. The Bertz CT molecular complexity index is 519. The van der Waals surface area contributed by atoms with Crippen molar-refractivity contribution in [2.75, 3.05) is 17.2 Å². The van der Waals surface area contributed by atoms with Gasteiger partial charge in [-0.25, -0.2) is 9.97 Å². The number of aromatic nitrogens is 2. The van der Waals surface area contributed by atoms with Crippen LogP contribution in [0.3, 0.4) is 0 Å². The number of piperidine rings is 1. The van der Waals surface area contributed by atoms with E-state index < -0.39 is 4.92 Å². The summed E-state index contributed by atoms with van der Waals surface area (Å²) in [6, 6.07) is 0.366. The van der Waals surface area contributed by atoms with Crippen molar-refractivity contribution in [3.63, 3.8) is 0 Å². The normalized spacial score (nSPS) is 26.1. The van der Waals surface area contributed by atoms with Crippen LogP contribution in [0.25, 0.3) is 0 Å². The van der Waals surface area contributed by atoms with Crippen molar-refractivity contribution in [2.24, 2.45) is 5.92 Å². The molecule has 1 saturated heterocycles. The minimum Gasteiger partial charge on any atom is -0.378 e. The van der Waals surface area contributed by atoms with Crippen molar-refractivity contribution < 1.29 is 4.92 Å². The van der Waals surface area contributed by atoms with Gasteiger partial charge in [0.05, 0.1) is 4.92 Å². The Morgan fingerprint density at radius 2 is 2.00 bits per heavy atom. The Balaban J connectivity index is 1.99. The van der Waals surface area contributed by atoms with Gasteiger partial charge in [0.15, 0.2) is 0 Å². The molecule has 2 aliphatic rings. The van der Waals surface area contributed by atoms with E-state index in [1.165, 1.54) is 32.0 Å². The fourth-order valence-electron chi connectivity index (χ4n) is 3.66. The predicted octanol–water partition coefficient (Wildman–Crippen LogP) is 2.13. The molecule has 0 aromatic carbocycles. The maximum absolute atomic E-state index is 11.3. The molecular weight excluding hydrogens is 258 g/mol. The molecule has 0 unspecified atom stereocenters. The molecule has 20 heavy (non-hydrogen) atoms. The molecule has 2 fully saturated rings. The monoisotopic (exact) mass is 277 g/mol. The van der Waals surface area contributed by atoms with E-state index in [9.17, 15) is 10.1 Å². The number of fused-ring (bicyclic) bond motifs is 1. The van der Waals surface area contributed by atoms with Gasteiger partial charge in [-0.15, -0.1) is 0 Å². The molecule has 7 heteroatoms. The van der Waals surface area contributed by atoms with Crippen molar-refractivity contribution in [1.82, 2.24) is 9.97 Å². The van der Waals surface area contributed by atoms with E-state index in [-0.39, 0.29) is 11.5 Å².